The van der Waals surface area contributed by atoms with Crippen LogP contribution in [0.15, 0.2) is 24.3 Å². The largest absolute Gasteiger partial charge is 0.399 e. The quantitative estimate of drug-likeness (QED) is 0.843. The highest BCUT2D eigenvalue weighted by Crippen LogP contribution is 2.48. The molecule has 3 heteroatoms. The van der Waals surface area contributed by atoms with Gasteiger partial charge in [-0.1, -0.05) is 25.5 Å². The predicted molar refractivity (Wildman–Crippen MR) is 85.5 cm³/mol. The smallest absolute Gasteiger partial charge is 0.226 e. The number of hydrogen-bond acceptors (Lipinski definition) is 2. The molecule has 1 amide bonds. The van der Waals surface area contributed by atoms with Crippen molar-refractivity contribution in [1.82, 2.24) is 4.90 Å². The lowest BCUT2D eigenvalue weighted by atomic mass is 9.87. The van der Waals surface area contributed by atoms with Gasteiger partial charge in [0.05, 0.1) is 0 Å². The van der Waals surface area contributed by atoms with Crippen LogP contribution in [-0.4, -0.2) is 17.4 Å². The second-order valence-corrected chi connectivity index (χ2v) is 6.78. The van der Waals surface area contributed by atoms with Gasteiger partial charge in [-0.15, -0.1) is 0 Å². The maximum absolute atomic E-state index is 12.9. The Bertz CT molecular complexity index is 496. The van der Waals surface area contributed by atoms with Crippen LogP contribution in [0.25, 0.3) is 0 Å². The van der Waals surface area contributed by atoms with Gasteiger partial charge in [0, 0.05) is 24.7 Å². The summed E-state index contributed by atoms with van der Waals surface area (Å²) < 4.78 is 0. The lowest BCUT2D eigenvalue weighted by Gasteiger charge is -2.29. The number of carbonyl (C=O) groups excluding carboxylic acids is 1. The van der Waals surface area contributed by atoms with Gasteiger partial charge in [0.15, 0.2) is 0 Å². The second kappa shape index (κ2) is 6.08. The molecular formula is C18H26N2O. The van der Waals surface area contributed by atoms with Gasteiger partial charge in [-0.25, -0.2) is 0 Å². The molecule has 2 saturated carbocycles. The van der Waals surface area contributed by atoms with Gasteiger partial charge >= 0.3 is 0 Å². The third-order valence-corrected chi connectivity index (χ3v) is 5.21. The van der Waals surface area contributed by atoms with E-state index in [1.165, 1.54) is 24.8 Å². The van der Waals surface area contributed by atoms with Crippen LogP contribution in [0.4, 0.5) is 5.69 Å². The summed E-state index contributed by atoms with van der Waals surface area (Å²) in [5, 5.41) is 0. The highest BCUT2D eigenvalue weighted by atomic mass is 16.2. The highest BCUT2D eigenvalue weighted by Gasteiger charge is 2.44. The third-order valence-electron chi connectivity index (χ3n) is 5.21. The van der Waals surface area contributed by atoms with Gasteiger partial charge in [0.25, 0.3) is 0 Å². The highest BCUT2D eigenvalue weighted by molar-refractivity contribution is 5.79. The third kappa shape index (κ3) is 3.07. The average molecular weight is 286 g/mol. The van der Waals surface area contributed by atoms with E-state index in [0.717, 1.165) is 37.5 Å². The first-order chi connectivity index (χ1) is 10.2. The number of benzene rings is 1. The molecule has 0 radical (unpaired) electrons. The van der Waals surface area contributed by atoms with Crippen LogP contribution in [0.2, 0.25) is 0 Å². The normalized spacial score (nSPS) is 27.0. The Morgan fingerprint density at radius 1 is 1.24 bits per heavy atom. The molecular weight excluding hydrogens is 260 g/mol. The van der Waals surface area contributed by atoms with Crippen molar-refractivity contribution in [3.63, 3.8) is 0 Å². The molecule has 2 N–H and O–H groups in total. The Labute approximate surface area is 127 Å². The number of amides is 1. The van der Waals surface area contributed by atoms with E-state index in [4.69, 9.17) is 5.73 Å². The zero-order valence-corrected chi connectivity index (χ0v) is 12.9. The molecule has 0 heterocycles. The van der Waals surface area contributed by atoms with Crippen LogP contribution in [0, 0.1) is 17.8 Å². The molecule has 2 aliphatic carbocycles. The first-order valence-corrected chi connectivity index (χ1v) is 8.30. The SMILES string of the molecule is CCCN(Cc1ccc(N)cc1)C(=O)C1CC2CCC1C2. The number of nitrogens with two attached hydrogens (primary N) is 1. The summed E-state index contributed by atoms with van der Waals surface area (Å²) in [5.74, 6) is 2.17. The fourth-order valence-corrected chi connectivity index (χ4v) is 4.16. The predicted octanol–water partition coefficient (Wildman–Crippen LogP) is 3.44. The van der Waals surface area contributed by atoms with Crippen molar-refractivity contribution in [2.45, 2.75) is 45.6 Å². The minimum atomic E-state index is 0.295. The Kier molecular flexibility index (Phi) is 4.18. The van der Waals surface area contributed by atoms with E-state index in [-0.39, 0.29) is 0 Å². The van der Waals surface area contributed by atoms with E-state index in [2.05, 4.69) is 11.8 Å². The molecule has 3 atom stereocenters. The van der Waals surface area contributed by atoms with Gasteiger partial charge < -0.3 is 10.6 Å². The summed E-state index contributed by atoms with van der Waals surface area (Å²) in [7, 11) is 0. The zero-order chi connectivity index (χ0) is 14.8. The first-order valence-electron chi connectivity index (χ1n) is 8.30. The number of rotatable bonds is 5. The fourth-order valence-electron chi connectivity index (χ4n) is 4.16. The topological polar surface area (TPSA) is 46.3 Å². The van der Waals surface area contributed by atoms with E-state index < -0.39 is 0 Å². The molecule has 3 rings (SSSR count). The monoisotopic (exact) mass is 286 g/mol. The standard InChI is InChI=1S/C18H26N2O/c1-2-9-20(12-13-4-7-16(19)8-5-13)18(21)17-11-14-3-6-15(17)10-14/h4-5,7-8,14-15,17H,2-3,6,9-12,19H2,1H3. The molecule has 1 aromatic carbocycles. The summed E-state index contributed by atoms with van der Waals surface area (Å²) in [4.78, 5) is 15.0. The molecule has 0 spiro atoms. The lowest BCUT2D eigenvalue weighted by Crippen LogP contribution is -2.38. The van der Waals surface area contributed by atoms with Gasteiger partial charge in [0.2, 0.25) is 5.91 Å². The first kappa shape index (κ1) is 14.4. The summed E-state index contributed by atoms with van der Waals surface area (Å²) in [5.41, 5.74) is 7.69. The Morgan fingerprint density at radius 3 is 2.57 bits per heavy atom. The maximum Gasteiger partial charge on any atom is 0.226 e. The van der Waals surface area contributed by atoms with Crippen molar-refractivity contribution < 1.29 is 4.79 Å². The van der Waals surface area contributed by atoms with Crippen LogP contribution < -0.4 is 5.73 Å². The molecule has 2 bridgehead atoms. The van der Waals surface area contributed by atoms with E-state index in [0.29, 0.717) is 17.7 Å². The van der Waals surface area contributed by atoms with Crippen LogP contribution >= 0.6 is 0 Å². The summed E-state index contributed by atoms with van der Waals surface area (Å²) in [6.45, 7) is 3.72. The van der Waals surface area contributed by atoms with Crippen molar-refractivity contribution in [3.8, 4) is 0 Å². The maximum atomic E-state index is 12.9. The fraction of sp³-hybridized carbons (Fsp3) is 0.611. The van der Waals surface area contributed by atoms with Crippen LogP contribution in [0.5, 0.6) is 0 Å². The molecule has 0 aliphatic heterocycles. The minimum Gasteiger partial charge on any atom is -0.399 e. The number of anilines is 1. The van der Waals surface area contributed by atoms with Crippen molar-refractivity contribution >= 4 is 11.6 Å². The molecule has 21 heavy (non-hydrogen) atoms. The molecule has 3 nitrogen and oxygen atoms in total. The molecule has 2 fully saturated rings. The molecule has 0 aromatic heterocycles. The number of hydrogen-bond donors (Lipinski definition) is 1. The number of nitrogen functional groups attached to an aromatic ring is 1. The molecule has 114 valence electrons. The van der Waals surface area contributed by atoms with Crippen LogP contribution in [0.3, 0.4) is 0 Å². The van der Waals surface area contributed by atoms with Crippen molar-refractivity contribution in [1.29, 1.82) is 0 Å². The Balaban J connectivity index is 1.68. The van der Waals surface area contributed by atoms with Crippen molar-refractivity contribution in [2.75, 3.05) is 12.3 Å². The minimum absolute atomic E-state index is 0.295. The van der Waals surface area contributed by atoms with Crippen LogP contribution in [-0.2, 0) is 11.3 Å². The molecule has 2 aliphatic rings. The summed E-state index contributed by atoms with van der Waals surface area (Å²) >= 11 is 0. The number of carbonyl (C=O) groups is 1. The summed E-state index contributed by atoms with van der Waals surface area (Å²) in [6, 6.07) is 7.90. The Hall–Kier alpha value is -1.51. The van der Waals surface area contributed by atoms with E-state index >= 15 is 0 Å². The lowest BCUT2D eigenvalue weighted by molar-refractivity contribution is -0.137. The van der Waals surface area contributed by atoms with E-state index in [1.807, 2.05) is 24.3 Å². The van der Waals surface area contributed by atoms with Crippen molar-refractivity contribution in [3.05, 3.63) is 29.8 Å². The summed E-state index contributed by atoms with van der Waals surface area (Å²) in [6.07, 6.45) is 6.05. The van der Waals surface area contributed by atoms with Gasteiger partial charge in [-0.05, 0) is 55.2 Å². The van der Waals surface area contributed by atoms with E-state index in [9.17, 15) is 4.79 Å². The number of fused-ring (bicyclic) bond motifs is 2. The van der Waals surface area contributed by atoms with Crippen LogP contribution in [0.1, 0.15) is 44.6 Å². The average Bonchev–Trinajstić information content (AvgIpc) is 3.11. The molecule has 3 unspecified atom stereocenters. The molecule has 1 aromatic rings. The van der Waals surface area contributed by atoms with Gasteiger partial charge in [0.1, 0.15) is 0 Å². The van der Waals surface area contributed by atoms with Gasteiger partial charge in [-0.3, -0.25) is 4.79 Å². The van der Waals surface area contributed by atoms with E-state index in [1.54, 1.807) is 0 Å². The molecule has 0 saturated heterocycles. The number of nitrogens with zero attached hydrogens (tertiary/aromatic N) is 1. The van der Waals surface area contributed by atoms with Gasteiger partial charge in [-0.2, -0.15) is 0 Å². The zero-order valence-electron chi connectivity index (χ0n) is 12.9. The Morgan fingerprint density at radius 2 is 2.00 bits per heavy atom. The second-order valence-electron chi connectivity index (χ2n) is 6.78. The van der Waals surface area contributed by atoms with Crippen molar-refractivity contribution in [2.24, 2.45) is 17.8 Å².